The van der Waals surface area contributed by atoms with Crippen molar-refractivity contribution < 1.29 is 14.7 Å². The van der Waals surface area contributed by atoms with Crippen LogP contribution >= 0.6 is 0 Å². The Labute approximate surface area is 150 Å². The number of nitrogens with one attached hydrogen (secondary N) is 1. The van der Waals surface area contributed by atoms with Crippen LogP contribution in [0.1, 0.15) is 64.7 Å². The van der Waals surface area contributed by atoms with Crippen LogP contribution in [0.2, 0.25) is 0 Å². The molecule has 138 valence electrons. The molecule has 0 unspecified atom stereocenters. The maximum atomic E-state index is 12.9. The Hall–Kier alpha value is -1.32. The average molecular weight is 344 g/mol. The summed E-state index contributed by atoms with van der Waals surface area (Å²) in [4.78, 5) is 24.4. The van der Waals surface area contributed by atoms with Crippen LogP contribution in [0.5, 0.6) is 0 Å². The molecule has 3 atom stereocenters. The summed E-state index contributed by atoms with van der Waals surface area (Å²) in [6, 6.07) is 0.196. The summed E-state index contributed by atoms with van der Waals surface area (Å²) >= 11 is 0. The predicted molar refractivity (Wildman–Crippen MR) is 93.2 cm³/mol. The number of rotatable bonds is 5. The van der Waals surface area contributed by atoms with Gasteiger partial charge >= 0.3 is 0 Å². The summed E-state index contributed by atoms with van der Waals surface area (Å²) in [6.07, 6.45) is 13.6. The molecule has 0 aromatic heterocycles. The molecule has 25 heavy (non-hydrogen) atoms. The van der Waals surface area contributed by atoms with Gasteiger partial charge in [-0.25, -0.2) is 0 Å². The minimum Gasteiger partial charge on any atom is -0.550 e. The van der Waals surface area contributed by atoms with Crippen LogP contribution in [0, 0.1) is 35.0 Å². The molecule has 4 fully saturated rings. The van der Waals surface area contributed by atoms with Crippen LogP contribution in [0.3, 0.4) is 0 Å². The van der Waals surface area contributed by atoms with Gasteiger partial charge in [0.2, 0.25) is 5.91 Å². The number of carboxylic acid groups (broad SMARTS) is 1. The SMILES string of the molecule is CC[C@H](NC(=O)[C@H]1CC=CC[C@@H]1C(=O)[O-])C12CC3CC(CC(C3)C1)C2. The molecule has 0 heterocycles. The highest BCUT2D eigenvalue weighted by atomic mass is 16.4. The molecule has 4 nitrogen and oxygen atoms in total. The van der Waals surface area contributed by atoms with Gasteiger partial charge in [-0.2, -0.15) is 0 Å². The van der Waals surface area contributed by atoms with Crippen molar-refractivity contribution in [1.29, 1.82) is 0 Å². The molecule has 5 aliphatic carbocycles. The molecule has 0 radical (unpaired) electrons. The quantitative estimate of drug-likeness (QED) is 0.779. The number of allylic oxidation sites excluding steroid dienone is 2. The van der Waals surface area contributed by atoms with Crippen molar-refractivity contribution in [3.05, 3.63) is 12.2 Å². The normalized spacial score (nSPS) is 43.0. The fourth-order valence-corrected chi connectivity index (χ4v) is 6.94. The second-order valence-electron chi connectivity index (χ2n) is 9.22. The molecule has 0 spiro atoms. The van der Waals surface area contributed by atoms with Gasteiger partial charge in [0.15, 0.2) is 0 Å². The molecule has 5 aliphatic rings. The second kappa shape index (κ2) is 6.44. The smallest absolute Gasteiger partial charge is 0.224 e. The summed E-state index contributed by atoms with van der Waals surface area (Å²) in [5.41, 5.74) is 0.265. The lowest BCUT2D eigenvalue weighted by atomic mass is 9.47. The minimum absolute atomic E-state index is 0.0684. The molecule has 0 aromatic rings. The molecular weight excluding hydrogens is 314 g/mol. The molecule has 1 amide bonds. The van der Waals surface area contributed by atoms with Crippen LogP contribution in [0.4, 0.5) is 0 Å². The molecule has 1 N–H and O–H groups in total. The maximum absolute atomic E-state index is 12.9. The molecular formula is C21H30NO3-. The summed E-state index contributed by atoms with van der Waals surface area (Å²) in [7, 11) is 0. The van der Waals surface area contributed by atoms with Gasteiger partial charge in [0.05, 0.1) is 0 Å². The Morgan fingerprint density at radius 1 is 1.04 bits per heavy atom. The number of amides is 1. The van der Waals surface area contributed by atoms with E-state index < -0.39 is 17.8 Å². The van der Waals surface area contributed by atoms with Crippen molar-refractivity contribution in [2.75, 3.05) is 0 Å². The first-order chi connectivity index (χ1) is 12.0. The summed E-state index contributed by atoms with van der Waals surface area (Å²) < 4.78 is 0. The third-order valence-corrected chi connectivity index (χ3v) is 7.62. The Balaban J connectivity index is 1.49. The van der Waals surface area contributed by atoms with Crippen LogP contribution < -0.4 is 10.4 Å². The zero-order valence-electron chi connectivity index (χ0n) is 15.2. The first kappa shape index (κ1) is 17.1. The number of hydrogen-bond acceptors (Lipinski definition) is 3. The molecule has 0 aliphatic heterocycles. The van der Waals surface area contributed by atoms with Crippen LogP contribution in [0.25, 0.3) is 0 Å². The van der Waals surface area contributed by atoms with E-state index in [1.54, 1.807) is 0 Å². The van der Waals surface area contributed by atoms with Gasteiger partial charge in [0.25, 0.3) is 0 Å². The van der Waals surface area contributed by atoms with Crippen molar-refractivity contribution in [1.82, 2.24) is 5.32 Å². The highest BCUT2D eigenvalue weighted by Gasteiger charge is 2.54. The van der Waals surface area contributed by atoms with Crippen molar-refractivity contribution in [2.45, 2.75) is 70.8 Å². The van der Waals surface area contributed by atoms with Crippen molar-refractivity contribution in [3.8, 4) is 0 Å². The highest BCUT2D eigenvalue weighted by Crippen LogP contribution is 2.61. The third-order valence-electron chi connectivity index (χ3n) is 7.62. The zero-order chi connectivity index (χ0) is 17.6. The number of hydrogen-bond donors (Lipinski definition) is 1. The van der Waals surface area contributed by atoms with Gasteiger partial charge in [-0.3, -0.25) is 4.79 Å². The van der Waals surface area contributed by atoms with E-state index in [0.29, 0.717) is 12.8 Å². The van der Waals surface area contributed by atoms with Crippen molar-refractivity contribution >= 4 is 11.9 Å². The lowest BCUT2D eigenvalue weighted by Crippen LogP contribution is -2.58. The molecule has 4 saturated carbocycles. The van der Waals surface area contributed by atoms with Gasteiger partial charge in [-0.05, 0) is 81.0 Å². The molecule has 4 bridgehead atoms. The Morgan fingerprint density at radius 2 is 1.56 bits per heavy atom. The monoisotopic (exact) mass is 344 g/mol. The fourth-order valence-electron chi connectivity index (χ4n) is 6.94. The Bertz CT molecular complexity index is 546. The molecule has 5 rings (SSSR count). The fraction of sp³-hybridized carbons (Fsp3) is 0.810. The maximum Gasteiger partial charge on any atom is 0.224 e. The number of carboxylic acids is 1. The largest absolute Gasteiger partial charge is 0.550 e. The van der Waals surface area contributed by atoms with E-state index in [-0.39, 0.29) is 17.4 Å². The van der Waals surface area contributed by atoms with Gasteiger partial charge < -0.3 is 15.2 Å². The zero-order valence-corrected chi connectivity index (χ0v) is 15.2. The van der Waals surface area contributed by atoms with E-state index in [4.69, 9.17) is 0 Å². The first-order valence-corrected chi connectivity index (χ1v) is 10.2. The van der Waals surface area contributed by atoms with Crippen LogP contribution in [-0.4, -0.2) is 17.9 Å². The van der Waals surface area contributed by atoms with Gasteiger partial charge in [0.1, 0.15) is 0 Å². The summed E-state index contributed by atoms with van der Waals surface area (Å²) in [6.45, 7) is 2.17. The first-order valence-electron chi connectivity index (χ1n) is 10.2. The lowest BCUT2D eigenvalue weighted by molar-refractivity contribution is -0.313. The standard InChI is InChI=1S/C21H31NO3/c1-2-18(21-10-13-7-14(11-21)9-15(8-13)12-21)22-19(23)16-5-3-4-6-17(16)20(24)25/h3-4,13-18H,2,5-12H2,1H3,(H,22,23)(H,24,25)/p-1/t13?,14?,15?,16-,17-,18-,21?/m0/s1. The third kappa shape index (κ3) is 3.02. The van der Waals surface area contributed by atoms with Crippen LogP contribution in [0.15, 0.2) is 12.2 Å². The second-order valence-corrected chi connectivity index (χ2v) is 9.22. The van der Waals surface area contributed by atoms with E-state index in [1.807, 2.05) is 12.2 Å². The highest BCUT2D eigenvalue weighted by molar-refractivity contribution is 5.85. The van der Waals surface area contributed by atoms with Gasteiger partial charge in [-0.1, -0.05) is 19.1 Å². The minimum atomic E-state index is -1.09. The van der Waals surface area contributed by atoms with E-state index >= 15 is 0 Å². The topological polar surface area (TPSA) is 69.2 Å². The van der Waals surface area contributed by atoms with E-state index in [2.05, 4.69) is 12.2 Å². The molecule has 0 aromatic carbocycles. The Morgan fingerprint density at radius 3 is 2.04 bits per heavy atom. The van der Waals surface area contributed by atoms with Crippen molar-refractivity contribution in [2.24, 2.45) is 35.0 Å². The lowest BCUT2D eigenvalue weighted by Gasteiger charge is -2.59. The molecule has 0 saturated heterocycles. The average Bonchev–Trinajstić information content (AvgIpc) is 2.58. The van der Waals surface area contributed by atoms with Gasteiger partial charge in [-0.15, -0.1) is 0 Å². The predicted octanol–water partition coefficient (Wildman–Crippen LogP) is 2.43. The van der Waals surface area contributed by atoms with Gasteiger partial charge in [0, 0.05) is 23.8 Å². The number of carbonyl (C=O) groups is 2. The molecule has 4 heteroatoms. The van der Waals surface area contributed by atoms with E-state index in [9.17, 15) is 14.7 Å². The van der Waals surface area contributed by atoms with E-state index in [1.165, 1.54) is 38.5 Å². The van der Waals surface area contributed by atoms with Crippen LogP contribution in [-0.2, 0) is 9.59 Å². The summed E-state index contributed by atoms with van der Waals surface area (Å²) in [5.74, 6) is 0.243. The number of carbonyl (C=O) groups excluding carboxylic acids is 2. The van der Waals surface area contributed by atoms with Crippen molar-refractivity contribution in [3.63, 3.8) is 0 Å². The van der Waals surface area contributed by atoms with E-state index in [0.717, 1.165) is 24.2 Å². The Kier molecular flexibility index (Phi) is 4.41. The number of aliphatic carboxylic acids is 1. The summed E-state index contributed by atoms with van der Waals surface area (Å²) in [5, 5.41) is 14.7.